The molecule has 2 amide bonds. The van der Waals surface area contributed by atoms with Crippen LogP contribution in [-0.4, -0.2) is 27.8 Å². The molecular weight excluding hydrogens is 285 g/mol. The Hall–Kier alpha value is -2.96. The first-order chi connectivity index (χ1) is 10.7. The predicted octanol–water partition coefficient (Wildman–Crippen LogP) is 2.46. The highest BCUT2D eigenvalue weighted by atomic mass is 19.1. The zero-order valence-corrected chi connectivity index (χ0v) is 11.6. The van der Waals surface area contributed by atoms with Gasteiger partial charge in [0.1, 0.15) is 11.6 Å². The number of carbonyl (C=O) groups excluding carboxylic acids is 1. The van der Waals surface area contributed by atoms with E-state index < -0.39 is 0 Å². The number of hydrogen-bond donors (Lipinski definition) is 3. The smallest absolute Gasteiger partial charge is 0.320 e. The van der Waals surface area contributed by atoms with Crippen molar-refractivity contribution in [2.24, 2.45) is 0 Å². The highest BCUT2D eigenvalue weighted by molar-refractivity contribution is 5.90. The second kappa shape index (κ2) is 6.21. The van der Waals surface area contributed by atoms with E-state index in [4.69, 9.17) is 0 Å². The van der Waals surface area contributed by atoms with Crippen LogP contribution in [0.25, 0.3) is 10.9 Å². The normalized spacial score (nSPS) is 10.6. The number of nitrogens with one attached hydrogen (secondary N) is 3. The number of rotatable bonds is 4. The standard InChI is InChI=1S/C15H14FN5O/c16-12-3-1-10(2-4-12)5-6-17-15(22)20-14-7-13-11(8-18-14)9-19-21-13/h1-4,7-9H,5-6H2,(H,19,21)(H2,17,18,20,22). The first kappa shape index (κ1) is 14.0. The SMILES string of the molecule is O=C(NCCc1ccc(F)cc1)Nc1cc2[nH]ncc2cn1. The second-order valence-corrected chi connectivity index (χ2v) is 4.78. The van der Waals surface area contributed by atoms with Gasteiger partial charge in [-0.3, -0.25) is 10.4 Å². The number of H-pyrrole nitrogens is 1. The molecule has 2 heterocycles. The van der Waals surface area contributed by atoms with Crippen molar-refractivity contribution < 1.29 is 9.18 Å². The fourth-order valence-corrected chi connectivity index (χ4v) is 2.04. The van der Waals surface area contributed by atoms with E-state index in [1.165, 1.54) is 12.1 Å². The monoisotopic (exact) mass is 299 g/mol. The van der Waals surface area contributed by atoms with Crippen molar-refractivity contribution in [2.75, 3.05) is 11.9 Å². The molecule has 0 unspecified atom stereocenters. The number of benzene rings is 1. The van der Waals surface area contributed by atoms with Crippen LogP contribution in [0.5, 0.6) is 0 Å². The zero-order chi connectivity index (χ0) is 15.4. The Kier molecular flexibility index (Phi) is 3.95. The summed E-state index contributed by atoms with van der Waals surface area (Å²) in [6.45, 7) is 0.448. The van der Waals surface area contributed by atoms with Crippen LogP contribution in [-0.2, 0) is 6.42 Å². The summed E-state index contributed by atoms with van der Waals surface area (Å²) in [6, 6.07) is 7.57. The molecule has 0 aliphatic carbocycles. The largest absolute Gasteiger partial charge is 0.337 e. The third-order valence-electron chi connectivity index (χ3n) is 3.18. The fourth-order valence-electron chi connectivity index (χ4n) is 2.04. The Morgan fingerprint density at radius 2 is 2.05 bits per heavy atom. The van der Waals surface area contributed by atoms with Crippen LogP contribution in [0.2, 0.25) is 0 Å². The van der Waals surface area contributed by atoms with Gasteiger partial charge in [0.15, 0.2) is 0 Å². The third kappa shape index (κ3) is 3.38. The highest BCUT2D eigenvalue weighted by Crippen LogP contribution is 2.12. The van der Waals surface area contributed by atoms with Gasteiger partial charge in [-0.25, -0.2) is 14.2 Å². The lowest BCUT2D eigenvalue weighted by atomic mass is 10.1. The maximum Gasteiger partial charge on any atom is 0.320 e. The van der Waals surface area contributed by atoms with E-state index in [9.17, 15) is 9.18 Å². The number of halogens is 1. The molecule has 0 aliphatic rings. The highest BCUT2D eigenvalue weighted by Gasteiger charge is 2.04. The summed E-state index contributed by atoms with van der Waals surface area (Å²) in [5.41, 5.74) is 1.76. The van der Waals surface area contributed by atoms with E-state index >= 15 is 0 Å². The molecule has 0 spiro atoms. The van der Waals surface area contributed by atoms with Gasteiger partial charge < -0.3 is 5.32 Å². The van der Waals surface area contributed by atoms with Crippen molar-refractivity contribution in [1.82, 2.24) is 20.5 Å². The molecule has 1 aromatic carbocycles. The predicted molar refractivity (Wildman–Crippen MR) is 81.0 cm³/mol. The van der Waals surface area contributed by atoms with Gasteiger partial charge in [-0.15, -0.1) is 0 Å². The summed E-state index contributed by atoms with van der Waals surface area (Å²) >= 11 is 0. The average molecular weight is 299 g/mol. The molecule has 3 rings (SSSR count). The van der Waals surface area contributed by atoms with Gasteiger partial charge in [0.2, 0.25) is 0 Å². The van der Waals surface area contributed by atoms with Crippen LogP contribution >= 0.6 is 0 Å². The molecule has 112 valence electrons. The van der Waals surface area contributed by atoms with Gasteiger partial charge in [0.05, 0.1) is 11.7 Å². The number of carbonyl (C=O) groups is 1. The van der Waals surface area contributed by atoms with Gasteiger partial charge >= 0.3 is 6.03 Å². The van der Waals surface area contributed by atoms with Crippen LogP contribution in [0.3, 0.4) is 0 Å². The van der Waals surface area contributed by atoms with Gasteiger partial charge in [0.25, 0.3) is 0 Å². The summed E-state index contributed by atoms with van der Waals surface area (Å²) in [5.74, 6) is 0.172. The van der Waals surface area contributed by atoms with Crippen LogP contribution in [0.15, 0.2) is 42.7 Å². The van der Waals surface area contributed by atoms with Crippen LogP contribution < -0.4 is 10.6 Å². The number of hydrogen-bond acceptors (Lipinski definition) is 3. The summed E-state index contributed by atoms with van der Waals surface area (Å²) in [6.07, 6.45) is 3.92. The summed E-state index contributed by atoms with van der Waals surface area (Å²) in [7, 11) is 0. The molecule has 22 heavy (non-hydrogen) atoms. The Balaban J connectivity index is 1.50. The van der Waals surface area contributed by atoms with E-state index in [-0.39, 0.29) is 11.8 Å². The van der Waals surface area contributed by atoms with Gasteiger partial charge in [0, 0.05) is 24.2 Å². The van der Waals surface area contributed by atoms with Crippen molar-refractivity contribution in [2.45, 2.75) is 6.42 Å². The van der Waals surface area contributed by atoms with E-state index in [2.05, 4.69) is 25.8 Å². The van der Waals surface area contributed by atoms with Crippen molar-refractivity contribution in [1.29, 1.82) is 0 Å². The number of urea groups is 1. The summed E-state index contributed by atoms with van der Waals surface area (Å²) < 4.78 is 12.8. The first-order valence-electron chi connectivity index (χ1n) is 6.79. The van der Waals surface area contributed by atoms with Crippen LogP contribution in [0, 0.1) is 5.82 Å². The van der Waals surface area contributed by atoms with E-state index in [0.29, 0.717) is 18.8 Å². The maximum atomic E-state index is 12.8. The van der Waals surface area contributed by atoms with Crippen LogP contribution in [0.1, 0.15) is 5.56 Å². The molecule has 3 aromatic rings. The van der Waals surface area contributed by atoms with Gasteiger partial charge in [-0.2, -0.15) is 5.10 Å². The molecule has 7 heteroatoms. The number of anilines is 1. The Bertz CT molecular complexity index is 784. The Morgan fingerprint density at radius 3 is 2.86 bits per heavy atom. The van der Waals surface area contributed by atoms with Crippen molar-refractivity contribution >= 4 is 22.8 Å². The minimum atomic E-state index is -0.339. The molecule has 0 radical (unpaired) electrons. The molecule has 0 bridgehead atoms. The molecule has 3 N–H and O–H groups in total. The second-order valence-electron chi connectivity index (χ2n) is 4.78. The number of aromatic nitrogens is 3. The van der Waals surface area contributed by atoms with Crippen LogP contribution in [0.4, 0.5) is 15.0 Å². The quantitative estimate of drug-likeness (QED) is 0.692. The van der Waals surface area contributed by atoms with E-state index in [1.807, 2.05) is 0 Å². The number of aromatic amines is 1. The molecule has 0 atom stereocenters. The lowest BCUT2D eigenvalue weighted by Crippen LogP contribution is -2.30. The zero-order valence-electron chi connectivity index (χ0n) is 11.6. The summed E-state index contributed by atoms with van der Waals surface area (Å²) in [5, 5.41) is 13.0. The molecule has 0 fully saturated rings. The van der Waals surface area contributed by atoms with E-state index in [1.54, 1.807) is 30.6 Å². The first-order valence-corrected chi connectivity index (χ1v) is 6.79. The van der Waals surface area contributed by atoms with Crippen molar-refractivity contribution in [3.05, 3.63) is 54.1 Å². The molecule has 0 saturated carbocycles. The number of fused-ring (bicyclic) bond motifs is 1. The minimum Gasteiger partial charge on any atom is -0.337 e. The number of nitrogens with zero attached hydrogens (tertiary/aromatic N) is 2. The molecule has 0 saturated heterocycles. The Labute approximate surface area is 125 Å². The van der Waals surface area contributed by atoms with Crippen molar-refractivity contribution in [3.63, 3.8) is 0 Å². The van der Waals surface area contributed by atoms with Crippen molar-refractivity contribution in [3.8, 4) is 0 Å². The number of pyridine rings is 1. The fraction of sp³-hybridized carbons (Fsp3) is 0.133. The van der Waals surface area contributed by atoms with Gasteiger partial charge in [-0.1, -0.05) is 12.1 Å². The third-order valence-corrected chi connectivity index (χ3v) is 3.18. The topological polar surface area (TPSA) is 82.7 Å². The molecular formula is C15H14FN5O. The molecule has 6 nitrogen and oxygen atoms in total. The number of amides is 2. The van der Waals surface area contributed by atoms with Gasteiger partial charge in [-0.05, 0) is 24.1 Å². The average Bonchev–Trinajstić information content (AvgIpc) is 2.97. The van der Waals surface area contributed by atoms with E-state index in [0.717, 1.165) is 16.5 Å². The molecule has 2 aromatic heterocycles. The lowest BCUT2D eigenvalue weighted by molar-refractivity contribution is 0.252. The Morgan fingerprint density at radius 1 is 1.23 bits per heavy atom. The minimum absolute atomic E-state index is 0.269. The lowest BCUT2D eigenvalue weighted by Gasteiger charge is -2.07. The summed E-state index contributed by atoms with van der Waals surface area (Å²) in [4.78, 5) is 15.9. The molecule has 0 aliphatic heterocycles. The maximum absolute atomic E-state index is 12.8.